The molecule has 0 spiro atoms. The Labute approximate surface area is 188 Å². The molecule has 0 saturated carbocycles. The number of halogens is 2. The Balaban J connectivity index is 2.22. The first-order valence-electron chi connectivity index (χ1n) is 10.1. The van der Waals surface area contributed by atoms with Gasteiger partial charge >= 0.3 is 0 Å². The minimum absolute atomic E-state index is 0.140. The number of hydrogen-bond donors (Lipinski definition) is 1. The van der Waals surface area contributed by atoms with E-state index < -0.39 is 17.7 Å². The Morgan fingerprint density at radius 1 is 1.20 bits per heavy atom. The highest BCUT2D eigenvalue weighted by Crippen LogP contribution is 2.47. The van der Waals surface area contributed by atoms with Crippen molar-refractivity contribution >= 4 is 29.1 Å². The number of rotatable bonds is 7. The molecule has 4 atom stereocenters. The minimum Gasteiger partial charge on any atom is -0.394 e. The lowest BCUT2D eigenvalue weighted by molar-refractivity contribution is -0.203. The molecule has 1 N–H and O–H groups in total. The molecule has 0 radical (unpaired) electrons. The predicted molar refractivity (Wildman–Crippen MR) is 121 cm³/mol. The van der Waals surface area contributed by atoms with Gasteiger partial charge in [-0.15, -0.1) is 6.58 Å². The topological polar surface area (TPSA) is 49.8 Å². The van der Waals surface area contributed by atoms with Gasteiger partial charge in [-0.2, -0.15) is 0 Å². The molecule has 1 aliphatic rings. The summed E-state index contributed by atoms with van der Waals surface area (Å²) in [5.74, 6) is -0.165. The summed E-state index contributed by atoms with van der Waals surface area (Å²) in [6.45, 7) is 7.41. The normalized spacial score (nSPS) is 25.2. The van der Waals surface area contributed by atoms with E-state index in [2.05, 4.69) is 6.58 Å². The summed E-state index contributed by atoms with van der Waals surface area (Å²) in [5.41, 5.74) is 0.647. The van der Waals surface area contributed by atoms with Crippen LogP contribution in [0.4, 0.5) is 0 Å². The van der Waals surface area contributed by atoms with Crippen LogP contribution in [0.2, 0.25) is 10.0 Å². The summed E-state index contributed by atoms with van der Waals surface area (Å²) in [6.07, 6.45) is 2.18. The number of benzene rings is 2. The van der Waals surface area contributed by atoms with Crippen LogP contribution in [0.5, 0.6) is 0 Å². The standard InChI is InChI=1S/C24H27Cl2NO3/c1-4-13-24(3)23(29)27(20(5-2)15-28)21(16-9-11-18(25)12-10-16)22(30-24)17-7-6-8-19(26)14-17/h4,6-12,14,20-22,28H,1,5,13,15H2,2-3H3/t20?,21-,22-,24+/m1/s1. The van der Waals surface area contributed by atoms with E-state index >= 15 is 0 Å². The fourth-order valence-electron chi connectivity index (χ4n) is 4.09. The lowest BCUT2D eigenvalue weighted by Crippen LogP contribution is -2.60. The molecule has 3 rings (SSSR count). The van der Waals surface area contributed by atoms with Crippen LogP contribution in [0, 0.1) is 0 Å². The van der Waals surface area contributed by atoms with E-state index in [-0.39, 0.29) is 18.6 Å². The van der Waals surface area contributed by atoms with Crippen LogP contribution in [0.3, 0.4) is 0 Å². The lowest BCUT2D eigenvalue weighted by Gasteiger charge is -2.51. The molecule has 1 fully saturated rings. The zero-order chi connectivity index (χ0) is 21.9. The molecule has 1 saturated heterocycles. The second kappa shape index (κ2) is 9.52. The number of aliphatic hydroxyl groups excluding tert-OH is 1. The Kier molecular flexibility index (Phi) is 7.25. The first-order chi connectivity index (χ1) is 14.3. The molecule has 4 nitrogen and oxygen atoms in total. The highest BCUT2D eigenvalue weighted by atomic mass is 35.5. The van der Waals surface area contributed by atoms with Gasteiger partial charge in [-0.05, 0) is 48.7 Å². The van der Waals surface area contributed by atoms with E-state index in [0.717, 1.165) is 11.1 Å². The smallest absolute Gasteiger partial charge is 0.255 e. The molecular formula is C24H27Cl2NO3. The fraction of sp³-hybridized carbons (Fsp3) is 0.375. The van der Waals surface area contributed by atoms with Crippen molar-refractivity contribution in [3.63, 3.8) is 0 Å². The Bertz CT molecular complexity index is 898. The number of amides is 1. The first-order valence-corrected chi connectivity index (χ1v) is 10.8. The third-order valence-electron chi connectivity index (χ3n) is 5.66. The van der Waals surface area contributed by atoms with Crippen molar-refractivity contribution in [3.8, 4) is 0 Å². The van der Waals surface area contributed by atoms with Gasteiger partial charge in [-0.25, -0.2) is 0 Å². The van der Waals surface area contributed by atoms with Crippen molar-refractivity contribution in [1.82, 2.24) is 4.90 Å². The molecule has 0 aliphatic carbocycles. The second-order valence-electron chi connectivity index (χ2n) is 7.77. The van der Waals surface area contributed by atoms with Crippen LogP contribution >= 0.6 is 23.2 Å². The maximum atomic E-state index is 13.7. The molecule has 1 amide bonds. The van der Waals surface area contributed by atoms with E-state index in [1.807, 2.05) is 37.3 Å². The number of hydrogen-bond acceptors (Lipinski definition) is 3. The zero-order valence-corrected chi connectivity index (χ0v) is 18.7. The summed E-state index contributed by atoms with van der Waals surface area (Å²) in [5, 5.41) is 11.3. The summed E-state index contributed by atoms with van der Waals surface area (Å²) in [4.78, 5) is 15.5. The van der Waals surface area contributed by atoms with Crippen molar-refractivity contribution in [1.29, 1.82) is 0 Å². The number of carbonyl (C=O) groups is 1. The molecule has 0 bridgehead atoms. The molecule has 2 aromatic carbocycles. The fourth-order valence-corrected chi connectivity index (χ4v) is 4.41. The molecular weight excluding hydrogens is 421 g/mol. The number of aliphatic hydroxyl groups is 1. The molecule has 1 unspecified atom stereocenters. The van der Waals surface area contributed by atoms with E-state index in [9.17, 15) is 9.90 Å². The Hall–Kier alpha value is -1.85. The minimum atomic E-state index is -1.10. The molecule has 0 aromatic heterocycles. The Morgan fingerprint density at radius 2 is 1.90 bits per heavy atom. The van der Waals surface area contributed by atoms with Crippen LogP contribution in [-0.4, -0.2) is 34.2 Å². The lowest BCUT2D eigenvalue weighted by atomic mass is 9.86. The van der Waals surface area contributed by atoms with Gasteiger partial charge in [-0.3, -0.25) is 4.79 Å². The maximum Gasteiger partial charge on any atom is 0.255 e. The van der Waals surface area contributed by atoms with Crippen LogP contribution < -0.4 is 0 Å². The van der Waals surface area contributed by atoms with Crippen molar-refractivity contribution < 1.29 is 14.6 Å². The van der Waals surface area contributed by atoms with Gasteiger partial charge < -0.3 is 14.7 Å². The summed E-state index contributed by atoms with van der Waals surface area (Å²) >= 11 is 12.4. The Morgan fingerprint density at radius 3 is 2.47 bits per heavy atom. The largest absolute Gasteiger partial charge is 0.394 e. The SMILES string of the molecule is C=CC[C@]1(C)O[C@H](c2cccc(Cl)c2)[C@@H](c2ccc(Cl)cc2)N(C(CC)CO)C1=O. The van der Waals surface area contributed by atoms with Crippen LogP contribution in [-0.2, 0) is 9.53 Å². The van der Waals surface area contributed by atoms with Crippen molar-refractivity contribution in [2.24, 2.45) is 0 Å². The van der Waals surface area contributed by atoms with Crippen LogP contribution in [0.25, 0.3) is 0 Å². The first kappa shape index (κ1) is 22.8. The zero-order valence-electron chi connectivity index (χ0n) is 17.2. The quantitative estimate of drug-likeness (QED) is 0.550. The van der Waals surface area contributed by atoms with Crippen molar-refractivity contribution in [2.45, 2.75) is 50.5 Å². The third kappa shape index (κ3) is 4.42. The summed E-state index contributed by atoms with van der Waals surface area (Å²) in [7, 11) is 0. The second-order valence-corrected chi connectivity index (χ2v) is 8.64. The average molecular weight is 448 g/mol. The molecule has 30 heavy (non-hydrogen) atoms. The van der Waals surface area contributed by atoms with Gasteiger partial charge in [0.2, 0.25) is 0 Å². The number of nitrogens with zero attached hydrogens (tertiary/aromatic N) is 1. The van der Waals surface area contributed by atoms with Crippen LogP contribution in [0.15, 0.2) is 61.2 Å². The maximum absolute atomic E-state index is 13.7. The van der Waals surface area contributed by atoms with Crippen molar-refractivity contribution in [2.75, 3.05) is 6.61 Å². The van der Waals surface area contributed by atoms with Gasteiger partial charge in [0.05, 0.1) is 18.7 Å². The molecule has 6 heteroatoms. The molecule has 2 aromatic rings. The molecule has 160 valence electrons. The highest BCUT2D eigenvalue weighted by Gasteiger charge is 2.51. The number of ether oxygens (including phenoxy) is 1. The van der Waals surface area contributed by atoms with E-state index in [4.69, 9.17) is 27.9 Å². The molecule has 1 aliphatic heterocycles. The predicted octanol–water partition coefficient (Wildman–Crippen LogP) is 5.74. The van der Waals surface area contributed by atoms with Gasteiger partial charge in [0.1, 0.15) is 11.7 Å². The summed E-state index contributed by atoms with van der Waals surface area (Å²) < 4.78 is 6.50. The molecule has 1 heterocycles. The van der Waals surface area contributed by atoms with Gasteiger partial charge in [-0.1, -0.05) is 60.5 Å². The van der Waals surface area contributed by atoms with E-state index in [1.54, 1.807) is 36.1 Å². The van der Waals surface area contributed by atoms with Gasteiger partial charge in [0.15, 0.2) is 0 Å². The monoisotopic (exact) mass is 447 g/mol. The van der Waals surface area contributed by atoms with Gasteiger partial charge in [0.25, 0.3) is 5.91 Å². The average Bonchev–Trinajstić information content (AvgIpc) is 2.73. The van der Waals surface area contributed by atoms with E-state index in [1.165, 1.54) is 0 Å². The summed E-state index contributed by atoms with van der Waals surface area (Å²) in [6, 6.07) is 14.1. The van der Waals surface area contributed by atoms with Gasteiger partial charge in [0, 0.05) is 16.5 Å². The third-order valence-corrected chi connectivity index (χ3v) is 6.15. The number of morpholine rings is 1. The van der Waals surface area contributed by atoms with Crippen molar-refractivity contribution in [3.05, 3.63) is 82.4 Å². The number of carbonyl (C=O) groups excluding carboxylic acids is 1. The highest BCUT2D eigenvalue weighted by molar-refractivity contribution is 6.30. The van der Waals surface area contributed by atoms with E-state index in [0.29, 0.717) is 22.9 Å². The van der Waals surface area contributed by atoms with Crippen LogP contribution in [0.1, 0.15) is 50.0 Å².